The summed E-state index contributed by atoms with van der Waals surface area (Å²) in [6.45, 7) is 4.23. The SMILES string of the molecule is CCCCCCCCCCNCCSCC1OC(n2cnc3c(N)ncnc32)C(O)C1O. The molecule has 0 saturated carbocycles. The van der Waals surface area contributed by atoms with Gasteiger partial charge in [-0.05, 0) is 13.0 Å². The lowest BCUT2D eigenvalue weighted by atomic mass is 10.1. The molecule has 1 saturated heterocycles. The molecular weight excluding hydrogens is 428 g/mol. The molecule has 1 aliphatic heterocycles. The number of thioether (sulfide) groups is 1. The molecule has 3 rings (SSSR count). The van der Waals surface area contributed by atoms with Gasteiger partial charge in [0.05, 0.1) is 12.4 Å². The fourth-order valence-corrected chi connectivity index (χ4v) is 4.97. The van der Waals surface area contributed by atoms with Crippen LogP contribution in [0.1, 0.15) is 64.5 Å². The van der Waals surface area contributed by atoms with Gasteiger partial charge in [0.25, 0.3) is 0 Å². The van der Waals surface area contributed by atoms with Gasteiger partial charge in [0.15, 0.2) is 17.7 Å². The molecule has 3 heterocycles. The smallest absolute Gasteiger partial charge is 0.167 e. The van der Waals surface area contributed by atoms with Crippen LogP contribution in [0.2, 0.25) is 0 Å². The summed E-state index contributed by atoms with van der Waals surface area (Å²) in [7, 11) is 0. The first-order chi connectivity index (χ1) is 15.6. The van der Waals surface area contributed by atoms with Gasteiger partial charge in [-0.25, -0.2) is 15.0 Å². The highest BCUT2D eigenvalue weighted by Crippen LogP contribution is 2.33. The number of aromatic nitrogens is 4. The van der Waals surface area contributed by atoms with Crippen molar-refractivity contribution in [3.05, 3.63) is 12.7 Å². The summed E-state index contributed by atoms with van der Waals surface area (Å²) in [6, 6.07) is 0. The number of nitrogen functional groups attached to an aromatic ring is 1. The van der Waals surface area contributed by atoms with Crippen LogP contribution in [0.25, 0.3) is 11.2 Å². The maximum Gasteiger partial charge on any atom is 0.167 e. The normalized spacial score (nSPS) is 23.3. The van der Waals surface area contributed by atoms with E-state index in [0.29, 0.717) is 16.9 Å². The van der Waals surface area contributed by atoms with Gasteiger partial charge in [-0.2, -0.15) is 11.8 Å². The van der Waals surface area contributed by atoms with Crippen molar-refractivity contribution < 1.29 is 14.9 Å². The predicted molar refractivity (Wildman–Crippen MR) is 128 cm³/mol. The van der Waals surface area contributed by atoms with Gasteiger partial charge in [0.1, 0.15) is 24.1 Å². The maximum absolute atomic E-state index is 10.5. The minimum Gasteiger partial charge on any atom is -0.387 e. The van der Waals surface area contributed by atoms with Crippen molar-refractivity contribution in [3.8, 4) is 0 Å². The van der Waals surface area contributed by atoms with Crippen LogP contribution in [0.3, 0.4) is 0 Å². The average Bonchev–Trinajstić information content (AvgIpc) is 3.34. The van der Waals surface area contributed by atoms with E-state index in [9.17, 15) is 10.2 Å². The van der Waals surface area contributed by atoms with Crippen LogP contribution in [-0.4, -0.2) is 72.6 Å². The summed E-state index contributed by atoms with van der Waals surface area (Å²) < 4.78 is 7.57. The number of rotatable bonds is 15. The maximum atomic E-state index is 10.5. The Hall–Kier alpha value is -1.46. The second kappa shape index (κ2) is 13.3. The summed E-state index contributed by atoms with van der Waals surface area (Å²) in [4.78, 5) is 12.3. The number of nitrogens with one attached hydrogen (secondary N) is 1. The van der Waals surface area contributed by atoms with Gasteiger partial charge in [0.2, 0.25) is 0 Å². The molecule has 0 amide bonds. The number of nitrogens with two attached hydrogens (primary N) is 1. The topological polar surface area (TPSA) is 131 Å². The summed E-state index contributed by atoms with van der Waals surface area (Å²) in [5.74, 6) is 1.81. The molecule has 0 radical (unpaired) electrons. The molecule has 2 aromatic rings. The standard InChI is InChI=1S/C22H38N6O3S/c1-2-3-4-5-6-7-8-9-10-24-11-12-32-13-16-18(29)19(30)22(31-16)28-15-27-17-20(23)25-14-26-21(17)28/h14-16,18-19,22,24,29-30H,2-13H2,1H3,(H2,23,25,26). The van der Waals surface area contributed by atoms with Crippen molar-refractivity contribution in [1.29, 1.82) is 0 Å². The molecule has 9 nitrogen and oxygen atoms in total. The van der Waals surface area contributed by atoms with Crippen LogP contribution in [0.5, 0.6) is 0 Å². The summed E-state index contributed by atoms with van der Waals surface area (Å²) in [6.07, 6.45) is 10.3. The molecule has 5 N–H and O–H groups in total. The number of anilines is 1. The van der Waals surface area contributed by atoms with Crippen LogP contribution < -0.4 is 11.1 Å². The Morgan fingerprint density at radius 3 is 2.56 bits per heavy atom. The molecule has 4 atom stereocenters. The van der Waals surface area contributed by atoms with Gasteiger partial charge >= 0.3 is 0 Å². The Labute approximate surface area is 194 Å². The highest BCUT2D eigenvalue weighted by atomic mass is 32.2. The fourth-order valence-electron chi connectivity index (χ4n) is 4.01. The van der Waals surface area contributed by atoms with Crippen molar-refractivity contribution in [2.24, 2.45) is 0 Å². The van der Waals surface area contributed by atoms with Gasteiger partial charge in [-0.1, -0.05) is 51.9 Å². The second-order valence-electron chi connectivity index (χ2n) is 8.43. The average molecular weight is 467 g/mol. The molecule has 32 heavy (non-hydrogen) atoms. The zero-order valence-electron chi connectivity index (χ0n) is 19.0. The van der Waals surface area contributed by atoms with Crippen LogP contribution >= 0.6 is 11.8 Å². The monoisotopic (exact) mass is 466 g/mol. The lowest BCUT2D eigenvalue weighted by Gasteiger charge is -2.16. The number of aliphatic hydroxyl groups excluding tert-OH is 2. The Morgan fingerprint density at radius 2 is 1.78 bits per heavy atom. The van der Waals surface area contributed by atoms with E-state index in [-0.39, 0.29) is 5.82 Å². The Kier molecular flexibility index (Phi) is 10.5. The highest BCUT2D eigenvalue weighted by molar-refractivity contribution is 7.99. The molecule has 2 aromatic heterocycles. The summed E-state index contributed by atoms with van der Waals surface area (Å²) in [5, 5.41) is 24.4. The number of ether oxygens (including phenoxy) is 1. The Morgan fingerprint density at radius 1 is 1.03 bits per heavy atom. The number of hydrogen-bond donors (Lipinski definition) is 4. The number of aliphatic hydroxyl groups is 2. The minimum atomic E-state index is -1.06. The number of imidazole rings is 1. The first-order valence-corrected chi connectivity index (χ1v) is 13.0. The first-order valence-electron chi connectivity index (χ1n) is 11.9. The summed E-state index contributed by atoms with van der Waals surface area (Å²) >= 11 is 1.71. The van der Waals surface area contributed by atoms with Gasteiger partial charge in [-0.15, -0.1) is 0 Å². The quantitative estimate of drug-likeness (QED) is 0.292. The van der Waals surface area contributed by atoms with E-state index in [1.165, 1.54) is 64.0 Å². The zero-order chi connectivity index (χ0) is 22.8. The molecular formula is C22H38N6O3S. The van der Waals surface area contributed by atoms with E-state index in [0.717, 1.165) is 18.8 Å². The van der Waals surface area contributed by atoms with Crippen LogP contribution in [0, 0.1) is 0 Å². The van der Waals surface area contributed by atoms with E-state index in [1.54, 1.807) is 16.3 Å². The van der Waals surface area contributed by atoms with Crippen molar-refractivity contribution in [2.75, 3.05) is 30.3 Å². The molecule has 4 unspecified atom stereocenters. The molecule has 0 bridgehead atoms. The third-order valence-electron chi connectivity index (χ3n) is 5.91. The molecule has 1 fully saturated rings. The molecule has 0 aliphatic carbocycles. The van der Waals surface area contributed by atoms with E-state index in [4.69, 9.17) is 10.5 Å². The van der Waals surface area contributed by atoms with E-state index < -0.39 is 24.5 Å². The van der Waals surface area contributed by atoms with Crippen LogP contribution in [0.4, 0.5) is 5.82 Å². The third-order valence-corrected chi connectivity index (χ3v) is 6.97. The van der Waals surface area contributed by atoms with Crippen molar-refractivity contribution in [2.45, 2.75) is 82.8 Å². The van der Waals surface area contributed by atoms with Crippen molar-refractivity contribution in [3.63, 3.8) is 0 Å². The van der Waals surface area contributed by atoms with Gasteiger partial charge < -0.3 is 26.0 Å². The Bertz CT molecular complexity index is 807. The lowest BCUT2D eigenvalue weighted by Crippen LogP contribution is -2.32. The van der Waals surface area contributed by atoms with Crippen LogP contribution in [-0.2, 0) is 4.74 Å². The second-order valence-corrected chi connectivity index (χ2v) is 9.58. The largest absolute Gasteiger partial charge is 0.387 e. The third kappa shape index (κ3) is 6.77. The van der Waals surface area contributed by atoms with E-state index in [1.807, 2.05) is 0 Å². The predicted octanol–water partition coefficient (Wildman–Crippen LogP) is 2.49. The first kappa shape index (κ1) is 25.2. The number of hydrogen-bond acceptors (Lipinski definition) is 9. The van der Waals surface area contributed by atoms with E-state index in [2.05, 4.69) is 27.2 Å². The molecule has 0 aromatic carbocycles. The number of unbranched alkanes of at least 4 members (excludes halogenated alkanes) is 7. The van der Waals surface area contributed by atoms with Crippen LogP contribution in [0.15, 0.2) is 12.7 Å². The highest BCUT2D eigenvalue weighted by Gasteiger charge is 2.44. The lowest BCUT2D eigenvalue weighted by molar-refractivity contribution is -0.0289. The molecule has 10 heteroatoms. The van der Waals surface area contributed by atoms with Gasteiger partial charge in [0, 0.05) is 18.1 Å². The molecule has 1 aliphatic rings. The summed E-state index contributed by atoms with van der Waals surface area (Å²) in [5.41, 5.74) is 6.77. The zero-order valence-corrected chi connectivity index (χ0v) is 19.8. The molecule has 180 valence electrons. The number of fused-ring (bicyclic) bond motifs is 1. The van der Waals surface area contributed by atoms with Crippen molar-refractivity contribution in [1.82, 2.24) is 24.8 Å². The fraction of sp³-hybridized carbons (Fsp3) is 0.773. The Balaban J connectivity index is 1.30. The minimum absolute atomic E-state index is 0.272. The van der Waals surface area contributed by atoms with Gasteiger partial charge in [-0.3, -0.25) is 4.57 Å². The van der Waals surface area contributed by atoms with Crippen molar-refractivity contribution >= 4 is 28.7 Å². The number of nitrogens with zero attached hydrogens (tertiary/aromatic N) is 4. The van der Waals surface area contributed by atoms with E-state index >= 15 is 0 Å². The molecule has 0 spiro atoms.